The second-order valence-electron chi connectivity index (χ2n) is 7.45. The van der Waals surface area contributed by atoms with E-state index in [-0.39, 0.29) is 29.4 Å². The number of carbonyl (C=O) groups is 2. The Balaban J connectivity index is 1.87. The number of aliphatic hydroxyl groups is 1. The number of likely N-dealkylation sites (tertiary alicyclic amines) is 1. The largest absolute Gasteiger partial charge is 0.507 e. The Kier molecular flexibility index (Phi) is 5.99. The molecule has 2 aromatic carbocycles. The van der Waals surface area contributed by atoms with E-state index >= 15 is 0 Å². The Hall–Kier alpha value is -4.33. The molecule has 1 amide bonds. The number of methoxy groups -OCH3 is 2. The molecule has 8 nitrogen and oxygen atoms in total. The summed E-state index contributed by atoms with van der Waals surface area (Å²) < 4.78 is 10.4. The van der Waals surface area contributed by atoms with Crippen LogP contribution in [0.15, 0.2) is 72.6 Å². The number of hydrogen-bond donors (Lipinski definition) is 2. The number of benzene rings is 2. The summed E-state index contributed by atoms with van der Waals surface area (Å²) in [4.78, 5) is 31.6. The van der Waals surface area contributed by atoms with Crippen molar-refractivity contribution in [2.24, 2.45) is 0 Å². The fraction of sp³-hybridized carbons (Fsp3) is 0.160. The number of Topliss-reactive ketones (excluding diaryl/α,β-unsaturated/α-hetero) is 1. The van der Waals surface area contributed by atoms with Crippen molar-refractivity contribution in [1.29, 1.82) is 0 Å². The van der Waals surface area contributed by atoms with E-state index in [0.29, 0.717) is 16.9 Å². The van der Waals surface area contributed by atoms with Gasteiger partial charge < -0.3 is 24.6 Å². The summed E-state index contributed by atoms with van der Waals surface area (Å²) in [6.07, 6.45) is 3.22. The van der Waals surface area contributed by atoms with E-state index in [9.17, 15) is 19.8 Å². The van der Waals surface area contributed by atoms with Crippen LogP contribution >= 0.6 is 0 Å². The predicted molar refractivity (Wildman–Crippen MR) is 120 cm³/mol. The van der Waals surface area contributed by atoms with E-state index in [1.54, 1.807) is 60.9 Å². The molecule has 0 bridgehead atoms. The van der Waals surface area contributed by atoms with Crippen LogP contribution in [0.2, 0.25) is 0 Å². The first kappa shape index (κ1) is 21.9. The molecule has 2 heterocycles. The minimum atomic E-state index is -0.901. The molecule has 1 fully saturated rings. The first-order valence-electron chi connectivity index (χ1n) is 10.1. The number of ketones is 1. The number of amides is 1. The number of phenolic OH excluding ortho intramolecular Hbond substituents is 1. The van der Waals surface area contributed by atoms with Crippen LogP contribution in [0.4, 0.5) is 0 Å². The van der Waals surface area contributed by atoms with Gasteiger partial charge in [0.25, 0.3) is 11.7 Å². The highest BCUT2D eigenvalue weighted by Crippen LogP contribution is 2.42. The topological polar surface area (TPSA) is 109 Å². The molecular weight excluding hydrogens is 424 g/mol. The van der Waals surface area contributed by atoms with Crippen LogP contribution in [0.1, 0.15) is 22.7 Å². The van der Waals surface area contributed by atoms with Crippen LogP contribution in [-0.4, -0.2) is 46.0 Å². The van der Waals surface area contributed by atoms with Gasteiger partial charge in [-0.15, -0.1) is 0 Å². The van der Waals surface area contributed by atoms with Crippen molar-refractivity contribution in [1.82, 2.24) is 9.88 Å². The normalized spacial score (nSPS) is 17.3. The summed E-state index contributed by atoms with van der Waals surface area (Å²) in [6, 6.07) is 13.7. The number of nitrogens with zero attached hydrogens (tertiary/aromatic N) is 2. The van der Waals surface area contributed by atoms with Gasteiger partial charge in [0, 0.05) is 24.5 Å². The Morgan fingerprint density at radius 2 is 1.82 bits per heavy atom. The molecule has 168 valence electrons. The summed E-state index contributed by atoms with van der Waals surface area (Å²) in [5, 5.41) is 21.1. The number of aliphatic hydroxyl groups excluding tert-OH is 1. The SMILES string of the molecule is COc1ccc(/C(O)=C2\C(=O)C(=O)N(Cc3cccnc3)[C@H]2c2ccc(O)c(OC)c2)cc1. The van der Waals surface area contributed by atoms with E-state index in [2.05, 4.69) is 4.98 Å². The monoisotopic (exact) mass is 446 g/mol. The number of phenols is 1. The van der Waals surface area contributed by atoms with E-state index in [1.165, 1.54) is 25.2 Å². The summed E-state index contributed by atoms with van der Waals surface area (Å²) in [7, 11) is 2.93. The zero-order valence-electron chi connectivity index (χ0n) is 18.1. The van der Waals surface area contributed by atoms with Crippen molar-refractivity contribution in [2.75, 3.05) is 14.2 Å². The highest BCUT2D eigenvalue weighted by atomic mass is 16.5. The fourth-order valence-corrected chi connectivity index (χ4v) is 3.85. The number of rotatable bonds is 6. The van der Waals surface area contributed by atoms with Crippen LogP contribution in [-0.2, 0) is 16.1 Å². The van der Waals surface area contributed by atoms with Gasteiger partial charge in [-0.05, 0) is 53.6 Å². The maximum absolute atomic E-state index is 13.1. The molecule has 0 radical (unpaired) electrons. The van der Waals surface area contributed by atoms with Crippen molar-refractivity contribution in [3.63, 3.8) is 0 Å². The molecule has 3 aromatic rings. The molecule has 8 heteroatoms. The quantitative estimate of drug-likeness (QED) is 0.339. The lowest BCUT2D eigenvalue weighted by Gasteiger charge is -2.25. The van der Waals surface area contributed by atoms with Crippen LogP contribution < -0.4 is 9.47 Å². The number of ether oxygens (including phenoxy) is 2. The average molecular weight is 446 g/mol. The van der Waals surface area contributed by atoms with Crippen LogP contribution in [0.3, 0.4) is 0 Å². The van der Waals surface area contributed by atoms with Crippen LogP contribution in [0.25, 0.3) is 5.76 Å². The maximum atomic E-state index is 13.1. The molecule has 2 N–H and O–H groups in total. The third-order valence-electron chi connectivity index (χ3n) is 5.50. The van der Waals surface area contributed by atoms with Gasteiger partial charge in [0.15, 0.2) is 11.5 Å². The zero-order chi connectivity index (χ0) is 23.5. The summed E-state index contributed by atoms with van der Waals surface area (Å²) >= 11 is 0. The van der Waals surface area contributed by atoms with Gasteiger partial charge in [-0.3, -0.25) is 14.6 Å². The molecule has 0 saturated carbocycles. The van der Waals surface area contributed by atoms with Gasteiger partial charge in [-0.25, -0.2) is 0 Å². The Morgan fingerprint density at radius 3 is 2.45 bits per heavy atom. The van der Waals surface area contributed by atoms with Crippen LogP contribution in [0, 0.1) is 0 Å². The van der Waals surface area contributed by atoms with Gasteiger partial charge in [0.1, 0.15) is 11.5 Å². The minimum absolute atomic E-state index is 0.0539. The van der Waals surface area contributed by atoms with Crippen molar-refractivity contribution in [3.8, 4) is 17.2 Å². The van der Waals surface area contributed by atoms with Crippen LogP contribution in [0.5, 0.6) is 17.2 Å². The number of aromatic nitrogens is 1. The molecular formula is C25H22N2O6. The molecule has 4 rings (SSSR count). The zero-order valence-corrected chi connectivity index (χ0v) is 18.1. The van der Waals surface area contributed by atoms with Gasteiger partial charge in [-0.2, -0.15) is 0 Å². The predicted octanol–water partition coefficient (Wildman–Crippen LogP) is 3.43. The third-order valence-corrected chi connectivity index (χ3v) is 5.50. The second-order valence-corrected chi connectivity index (χ2v) is 7.45. The molecule has 0 aliphatic carbocycles. The minimum Gasteiger partial charge on any atom is -0.507 e. The average Bonchev–Trinajstić information content (AvgIpc) is 3.09. The highest BCUT2D eigenvalue weighted by Gasteiger charge is 2.46. The molecule has 1 atom stereocenters. The molecule has 1 aliphatic heterocycles. The number of hydrogen-bond acceptors (Lipinski definition) is 7. The van der Waals surface area contributed by atoms with Gasteiger partial charge >= 0.3 is 0 Å². The van der Waals surface area contributed by atoms with E-state index in [1.807, 2.05) is 0 Å². The standard InChI is InChI=1S/C25H22N2O6/c1-32-18-8-5-16(6-9-18)23(29)21-22(17-7-10-19(28)20(12-17)33-2)27(25(31)24(21)30)14-15-4-3-11-26-13-15/h3-13,22,28-29H,14H2,1-2H3/b23-21+/t22-/m0/s1. The molecule has 0 unspecified atom stereocenters. The van der Waals surface area contributed by atoms with Crippen molar-refractivity contribution < 1.29 is 29.3 Å². The van der Waals surface area contributed by atoms with Gasteiger partial charge in [-0.1, -0.05) is 12.1 Å². The molecule has 1 aliphatic rings. The summed E-state index contributed by atoms with van der Waals surface area (Å²) in [6.45, 7) is 0.103. The lowest BCUT2D eigenvalue weighted by Crippen LogP contribution is -2.29. The second kappa shape index (κ2) is 9.04. The lowest BCUT2D eigenvalue weighted by molar-refractivity contribution is -0.140. The molecule has 33 heavy (non-hydrogen) atoms. The van der Waals surface area contributed by atoms with Gasteiger partial charge in [0.2, 0.25) is 0 Å². The maximum Gasteiger partial charge on any atom is 0.295 e. The van der Waals surface area contributed by atoms with Crippen molar-refractivity contribution in [3.05, 3.63) is 89.3 Å². The van der Waals surface area contributed by atoms with E-state index < -0.39 is 17.7 Å². The third kappa shape index (κ3) is 4.10. The fourth-order valence-electron chi connectivity index (χ4n) is 3.85. The Morgan fingerprint density at radius 1 is 1.06 bits per heavy atom. The highest BCUT2D eigenvalue weighted by molar-refractivity contribution is 6.46. The first-order valence-corrected chi connectivity index (χ1v) is 10.1. The first-order chi connectivity index (χ1) is 15.9. The van der Waals surface area contributed by atoms with Crippen molar-refractivity contribution >= 4 is 17.4 Å². The van der Waals surface area contributed by atoms with Gasteiger partial charge in [0.05, 0.1) is 25.8 Å². The lowest BCUT2D eigenvalue weighted by atomic mass is 9.95. The Labute approximate surface area is 190 Å². The number of carbonyl (C=O) groups excluding carboxylic acids is 2. The Bertz CT molecular complexity index is 1220. The smallest absolute Gasteiger partial charge is 0.295 e. The number of aromatic hydroxyl groups is 1. The molecule has 1 aromatic heterocycles. The molecule has 1 saturated heterocycles. The summed E-state index contributed by atoms with van der Waals surface area (Å²) in [5.74, 6) is -1.16. The molecule has 0 spiro atoms. The van der Waals surface area contributed by atoms with E-state index in [0.717, 1.165) is 5.56 Å². The van der Waals surface area contributed by atoms with Crippen molar-refractivity contribution in [2.45, 2.75) is 12.6 Å². The van der Waals surface area contributed by atoms with E-state index in [4.69, 9.17) is 9.47 Å². The number of pyridine rings is 1. The summed E-state index contributed by atoms with van der Waals surface area (Å²) in [5.41, 5.74) is 1.54.